The lowest BCUT2D eigenvalue weighted by Gasteiger charge is -1.95. The van der Waals surface area contributed by atoms with Gasteiger partial charge in [0.25, 0.3) is 0 Å². The summed E-state index contributed by atoms with van der Waals surface area (Å²) in [5.74, 6) is 0.871. The molecule has 2 rings (SSSR count). The Morgan fingerprint density at radius 3 is 3.00 bits per heavy atom. The van der Waals surface area contributed by atoms with Crippen LogP contribution in [0.25, 0.3) is 11.0 Å². The SMILES string of the molecule is Cc1nc2c(N)cc(S)cc2[nH]1. The number of aromatic nitrogens is 2. The van der Waals surface area contributed by atoms with Crippen LogP contribution in [0.4, 0.5) is 5.69 Å². The second kappa shape index (κ2) is 2.42. The molecule has 0 spiro atoms. The zero-order chi connectivity index (χ0) is 8.72. The minimum Gasteiger partial charge on any atom is -0.397 e. The molecule has 1 aromatic heterocycles. The number of thiol groups is 1. The van der Waals surface area contributed by atoms with Crippen LogP contribution in [0.1, 0.15) is 5.82 Å². The van der Waals surface area contributed by atoms with Crippen LogP contribution in [0, 0.1) is 6.92 Å². The third-order valence-corrected chi connectivity index (χ3v) is 1.98. The lowest BCUT2D eigenvalue weighted by molar-refractivity contribution is 1.17. The minimum absolute atomic E-state index is 0.668. The maximum Gasteiger partial charge on any atom is 0.112 e. The fraction of sp³-hybridized carbons (Fsp3) is 0.125. The van der Waals surface area contributed by atoms with Gasteiger partial charge in [-0.3, -0.25) is 0 Å². The Hall–Kier alpha value is -1.16. The van der Waals surface area contributed by atoms with E-state index in [9.17, 15) is 0 Å². The molecule has 4 heteroatoms. The highest BCUT2D eigenvalue weighted by molar-refractivity contribution is 7.80. The molecule has 3 N–H and O–H groups in total. The first-order valence-corrected chi connectivity index (χ1v) is 4.06. The predicted molar refractivity (Wildman–Crippen MR) is 52.5 cm³/mol. The number of nitrogens with two attached hydrogens (primary N) is 1. The molecule has 1 heterocycles. The molecule has 0 saturated carbocycles. The smallest absolute Gasteiger partial charge is 0.112 e. The molecule has 2 aromatic rings. The van der Waals surface area contributed by atoms with Gasteiger partial charge in [0, 0.05) is 4.90 Å². The summed E-state index contributed by atoms with van der Waals surface area (Å²) in [7, 11) is 0. The lowest BCUT2D eigenvalue weighted by Crippen LogP contribution is -1.86. The van der Waals surface area contributed by atoms with Gasteiger partial charge in [0.2, 0.25) is 0 Å². The average molecular weight is 179 g/mol. The van der Waals surface area contributed by atoms with Gasteiger partial charge in [-0.25, -0.2) is 4.98 Å². The van der Waals surface area contributed by atoms with Crippen LogP contribution in [-0.2, 0) is 0 Å². The Bertz CT molecular complexity index is 433. The topological polar surface area (TPSA) is 54.7 Å². The molecule has 0 saturated heterocycles. The van der Waals surface area contributed by atoms with Crippen molar-refractivity contribution < 1.29 is 0 Å². The first-order valence-electron chi connectivity index (χ1n) is 3.61. The summed E-state index contributed by atoms with van der Waals surface area (Å²) in [6.45, 7) is 1.90. The number of hydrogen-bond donors (Lipinski definition) is 3. The zero-order valence-corrected chi connectivity index (χ0v) is 7.52. The molecule has 12 heavy (non-hydrogen) atoms. The largest absolute Gasteiger partial charge is 0.397 e. The predicted octanol–water partition coefficient (Wildman–Crippen LogP) is 1.74. The van der Waals surface area contributed by atoms with E-state index in [1.807, 2.05) is 13.0 Å². The molecule has 0 radical (unpaired) electrons. The molecule has 0 aliphatic carbocycles. The Labute approximate surface area is 75.4 Å². The van der Waals surface area contributed by atoms with Crippen molar-refractivity contribution in [1.29, 1.82) is 0 Å². The quantitative estimate of drug-likeness (QED) is 0.426. The van der Waals surface area contributed by atoms with Gasteiger partial charge in [-0.15, -0.1) is 12.6 Å². The van der Waals surface area contributed by atoms with Crippen molar-refractivity contribution >= 4 is 29.3 Å². The van der Waals surface area contributed by atoms with Crippen LogP contribution >= 0.6 is 12.6 Å². The van der Waals surface area contributed by atoms with Gasteiger partial charge >= 0.3 is 0 Å². The number of nitrogens with one attached hydrogen (secondary N) is 1. The van der Waals surface area contributed by atoms with Gasteiger partial charge in [0.05, 0.1) is 11.2 Å². The summed E-state index contributed by atoms with van der Waals surface area (Å²) in [5, 5.41) is 0. The molecule has 0 atom stereocenters. The highest BCUT2D eigenvalue weighted by Crippen LogP contribution is 2.22. The van der Waals surface area contributed by atoms with Crippen LogP contribution in [0.5, 0.6) is 0 Å². The van der Waals surface area contributed by atoms with Gasteiger partial charge in [-0.1, -0.05) is 0 Å². The van der Waals surface area contributed by atoms with Gasteiger partial charge in [-0.05, 0) is 19.1 Å². The summed E-state index contributed by atoms with van der Waals surface area (Å²) < 4.78 is 0. The zero-order valence-electron chi connectivity index (χ0n) is 6.63. The van der Waals surface area contributed by atoms with Crippen molar-refractivity contribution in [3.63, 3.8) is 0 Å². The molecule has 0 fully saturated rings. The number of aromatic amines is 1. The van der Waals surface area contributed by atoms with Crippen LogP contribution < -0.4 is 5.73 Å². The highest BCUT2D eigenvalue weighted by atomic mass is 32.1. The average Bonchev–Trinajstić information content (AvgIpc) is 2.29. The van der Waals surface area contributed by atoms with Crippen molar-refractivity contribution in [2.24, 2.45) is 0 Å². The molecule has 62 valence electrons. The van der Waals surface area contributed by atoms with E-state index in [2.05, 4.69) is 22.6 Å². The van der Waals surface area contributed by atoms with Crippen molar-refractivity contribution in [3.05, 3.63) is 18.0 Å². The van der Waals surface area contributed by atoms with Gasteiger partial charge in [0.15, 0.2) is 0 Å². The molecule has 3 nitrogen and oxygen atoms in total. The lowest BCUT2D eigenvalue weighted by atomic mass is 10.3. The van der Waals surface area contributed by atoms with Crippen molar-refractivity contribution in [2.75, 3.05) is 5.73 Å². The number of nitrogens with zero attached hydrogens (tertiary/aromatic N) is 1. The normalized spacial score (nSPS) is 10.8. The number of fused-ring (bicyclic) bond motifs is 1. The van der Waals surface area contributed by atoms with Crippen LogP contribution in [0.2, 0.25) is 0 Å². The van der Waals surface area contributed by atoms with Gasteiger partial charge in [0.1, 0.15) is 11.3 Å². The summed E-state index contributed by atoms with van der Waals surface area (Å²) >= 11 is 4.21. The number of nitrogen functional groups attached to an aromatic ring is 1. The number of hydrogen-bond acceptors (Lipinski definition) is 3. The number of anilines is 1. The van der Waals surface area contributed by atoms with E-state index in [-0.39, 0.29) is 0 Å². The second-order valence-electron chi connectivity index (χ2n) is 2.75. The monoisotopic (exact) mass is 179 g/mol. The van der Waals surface area contributed by atoms with Crippen molar-refractivity contribution in [1.82, 2.24) is 9.97 Å². The van der Waals surface area contributed by atoms with E-state index < -0.39 is 0 Å². The highest BCUT2D eigenvalue weighted by Gasteiger charge is 2.03. The Kier molecular flexibility index (Phi) is 1.51. The van der Waals surface area contributed by atoms with Crippen LogP contribution in [0.15, 0.2) is 17.0 Å². The third-order valence-electron chi connectivity index (χ3n) is 1.72. The maximum atomic E-state index is 5.74. The molecule has 0 bridgehead atoms. The van der Waals surface area contributed by atoms with Crippen molar-refractivity contribution in [2.45, 2.75) is 11.8 Å². The molecular weight excluding hydrogens is 170 g/mol. The Morgan fingerprint density at radius 2 is 2.25 bits per heavy atom. The first kappa shape index (κ1) is 7.49. The first-order chi connectivity index (χ1) is 5.66. The van der Waals surface area contributed by atoms with E-state index in [1.54, 1.807) is 6.07 Å². The van der Waals surface area contributed by atoms with Gasteiger partial charge in [-0.2, -0.15) is 0 Å². The standard InChI is InChI=1S/C8H9N3S/c1-4-10-7-3-5(12)2-6(9)8(7)11-4/h2-3,12H,9H2,1H3,(H,10,11). The fourth-order valence-electron chi connectivity index (χ4n) is 1.25. The van der Waals surface area contributed by atoms with E-state index in [4.69, 9.17) is 5.73 Å². The maximum absolute atomic E-state index is 5.74. The Morgan fingerprint density at radius 1 is 1.50 bits per heavy atom. The number of H-pyrrole nitrogens is 1. The van der Waals surface area contributed by atoms with Crippen molar-refractivity contribution in [3.8, 4) is 0 Å². The molecule has 0 unspecified atom stereocenters. The second-order valence-corrected chi connectivity index (χ2v) is 3.27. The molecular formula is C8H9N3S. The number of aryl methyl sites for hydroxylation is 1. The number of rotatable bonds is 0. The summed E-state index contributed by atoms with van der Waals surface area (Å²) in [6, 6.07) is 3.71. The number of benzene rings is 1. The molecule has 0 aliphatic heterocycles. The molecule has 0 amide bonds. The molecule has 0 aliphatic rings. The third kappa shape index (κ3) is 1.04. The molecule has 1 aromatic carbocycles. The van der Waals surface area contributed by atoms with Crippen LogP contribution in [0.3, 0.4) is 0 Å². The Balaban J connectivity index is 2.88. The van der Waals surface area contributed by atoms with Gasteiger partial charge < -0.3 is 10.7 Å². The summed E-state index contributed by atoms with van der Waals surface area (Å²) in [5.41, 5.74) is 8.17. The van der Waals surface area contributed by atoms with E-state index in [0.717, 1.165) is 21.8 Å². The fourth-order valence-corrected chi connectivity index (χ4v) is 1.52. The van der Waals surface area contributed by atoms with Crippen LogP contribution in [-0.4, -0.2) is 9.97 Å². The summed E-state index contributed by atoms with van der Waals surface area (Å²) in [6.07, 6.45) is 0. The van der Waals surface area contributed by atoms with E-state index in [1.165, 1.54) is 0 Å². The number of imidazole rings is 1. The van der Waals surface area contributed by atoms with E-state index >= 15 is 0 Å². The summed E-state index contributed by atoms with van der Waals surface area (Å²) in [4.78, 5) is 8.19. The minimum atomic E-state index is 0.668. The van der Waals surface area contributed by atoms with E-state index in [0.29, 0.717) is 5.69 Å².